The number of nitrogens with zero attached hydrogens (tertiary/aromatic N) is 2. The van der Waals surface area contributed by atoms with Crippen LogP contribution in [0.5, 0.6) is 5.75 Å². The van der Waals surface area contributed by atoms with Crippen molar-refractivity contribution in [2.24, 2.45) is 0 Å². The minimum Gasteiger partial charge on any atom is -0.487 e. The average Bonchev–Trinajstić information content (AvgIpc) is 2.69. The molecule has 0 spiro atoms. The second-order valence-corrected chi connectivity index (χ2v) is 3.62. The molecule has 0 unspecified atom stereocenters. The van der Waals surface area contributed by atoms with Gasteiger partial charge in [-0.05, 0) is 31.2 Å². The number of nitrogens with two attached hydrogens (primary N) is 1. The predicted octanol–water partition coefficient (Wildman–Crippen LogP) is 2.20. The Hall–Kier alpha value is -2.04. The first-order valence-electron chi connectivity index (χ1n) is 5.39. The van der Waals surface area contributed by atoms with E-state index < -0.39 is 0 Å². The van der Waals surface area contributed by atoms with Gasteiger partial charge in [0.05, 0.1) is 5.69 Å². The van der Waals surface area contributed by atoms with E-state index in [9.17, 15) is 4.39 Å². The van der Waals surface area contributed by atoms with Crippen molar-refractivity contribution in [1.29, 1.82) is 0 Å². The first-order chi connectivity index (χ1) is 8.19. The highest BCUT2D eigenvalue weighted by Gasteiger charge is 2.05. The molecule has 1 aromatic carbocycles. The summed E-state index contributed by atoms with van der Waals surface area (Å²) in [7, 11) is 0. The second-order valence-electron chi connectivity index (χ2n) is 3.62. The van der Waals surface area contributed by atoms with E-state index in [1.54, 1.807) is 22.9 Å². The number of ether oxygens (including phenoxy) is 1. The summed E-state index contributed by atoms with van der Waals surface area (Å²) >= 11 is 0. The highest BCUT2D eigenvalue weighted by Crippen LogP contribution is 2.14. The van der Waals surface area contributed by atoms with Gasteiger partial charge in [-0.2, -0.15) is 5.10 Å². The third-order valence-corrected chi connectivity index (χ3v) is 2.38. The summed E-state index contributed by atoms with van der Waals surface area (Å²) in [4.78, 5) is 0. The van der Waals surface area contributed by atoms with Crippen LogP contribution in [0.15, 0.2) is 30.3 Å². The number of aryl methyl sites for hydroxylation is 1. The van der Waals surface area contributed by atoms with E-state index >= 15 is 0 Å². The Morgan fingerprint density at radius 3 is 2.71 bits per heavy atom. The van der Waals surface area contributed by atoms with Crippen molar-refractivity contribution in [1.82, 2.24) is 9.78 Å². The largest absolute Gasteiger partial charge is 0.487 e. The van der Waals surface area contributed by atoms with Crippen LogP contribution in [0.4, 0.5) is 10.2 Å². The maximum atomic E-state index is 12.7. The molecular formula is C12H14FN3O. The van der Waals surface area contributed by atoms with Crippen molar-refractivity contribution in [3.05, 3.63) is 41.8 Å². The van der Waals surface area contributed by atoms with Crippen LogP contribution >= 0.6 is 0 Å². The quantitative estimate of drug-likeness (QED) is 0.883. The molecule has 0 saturated heterocycles. The fourth-order valence-electron chi connectivity index (χ4n) is 1.56. The third-order valence-electron chi connectivity index (χ3n) is 2.38. The molecule has 0 bridgehead atoms. The molecule has 0 aliphatic heterocycles. The van der Waals surface area contributed by atoms with Crippen molar-refractivity contribution in [3.8, 4) is 5.75 Å². The number of hydrogen-bond donors (Lipinski definition) is 1. The van der Waals surface area contributed by atoms with Crippen LogP contribution in [0.2, 0.25) is 0 Å². The summed E-state index contributed by atoms with van der Waals surface area (Å²) in [5, 5.41) is 4.11. The predicted molar refractivity (Wildman–Crippen MR) is 63.0 cm³/mol. The Morgan fingerprint density at radius 1 is 1.35 bits per heavy atom. The Labute approximate surface area is 98.8 Å². The Morgan fingerprint density at radius 2 is 2.06 bits per heavy atom. The van der Waals surface area contributed by atoms with Crippen LogP contribution in [0.25, 0.3) is 0 Å². The van der Waals surface area contributed by atoms with Crippen LogP contribution in [0.3, 0.4) is 0 Å². The van der Waals surface area contributed by atoms with E-state index in [0.717, 1.165) is 12.2 Å². The molecule has 0 aliphatic carbocycles. The van der Waals surface area contributed by atoms with Crippen LogP contribution < -0.4 is 10.5 Å². The molecule has 1 heterocycles. The van der Waals surface area contributed by atoms with E-state index in [-0.39, 0.29) is 5.82 Å². The number of anilines is 1. The van der Waals surface area contributed by atoms with Gasteiger partial charge in [0.15, 0.2) is 0 Å². The Kier molecular flexibility index (Phi) is 3.27. The summed E-state index contributed by atoms with van der Waals surface area (Å²) in [6.45, 7) is 3.08. The number of benzene rings is 1. The van der Waals surface area contributed by atoms with Crippen molar-refractivity contribution >= 4 is 5.82 Å². The summed E-state index contributed by atoms with van der Waals surface area (Å²) in [6.07, 6.45) is 0. The van der Waals surface area contributed by atoms with Crippen LogP contribution in [0, 0.1) is 5.82 Å². The molecule has 1 aromatic heterocycles. The zero-order chi connectivity index (χ0) is 12.3. The normalized spacial score (nSPS) is 10.5. The number of rotatable bonds is 4. The lowest BCUT2D eigenvalue weighted by atomic mass is 10.3. The minimum atomic E-state index is -0.278. The number of aromatic nitrogens is 2. The van der Waals surface area contributed by atoms with Gasteiger partial charge >= 0.3 is 0 Å². The first kappa shape index (κ1) is 11.4. The molecule has 4 nitrogen and oxygen atoms in total. The van der Waals surface area contributed by atoms with Gasteiger partial charge in [-0.15, -0.1) is 0 Å². The zero-order valence-corrected chi connectivity index (χ0v) is 9.56. The topological polar surface area (TPSA) is 53.1 Å². The molecule has 0 saturated carbocycles. The lowest BCUT2D eigenvalue weighted by molar-refractivity contribution is 0.292. The van der Waals surface area contributed by atoms with Gasteiger partial charge in [0.25, 0.3) is 0 Å². The highest BCUT2D eigenvalue weighted by atomic mass is 19.1. The molecule has 0 atom stereocenters. The third kappa shape index (κ3) is 2.75. The van der Waals surface area contributed by atoms with Gasteiger partial charge in [-0.25, -0.2) is 4.39 Å². The molecule has 17 heavy (non-hydrogen) atoms. The molecule has 5 heteroatoms. The van der Waals surface area contributed by atoms with E-state index in [2.05, 4.69) is 5.10 Å². The molecule has 2 aromatic rings. The smallest absolute Gasteiger partial charge is 0.145 e. The second kappa shape index (κ2) is 4.86. The van der Waals surface area contributed by atoms with Gasteiger partial charge in [-0.1, -0.05) is 0 Å². The lowest BCUT2D eigenvalue weighted by Gasteiger charge is -2.07. The highest BCUT2D eigenvalue weighted by molar-refractivity contribution is 5.30. The van der Waals surface area contributed by atoms with Crippen LogP contribution in [-0.4, -0.2) is 9.78 Å². The summed E-state index contributed by atoms with van der Waals surface area (Å²) in [5.41, 5.74) is 6.50. The monoisotopic (exact) mass is 235 g/mol. The van der Waals surface area contributed by atoms with Crippen molar-refractivity contribution in [2.75, 3.05) is 5.73 Å². The molecular weight excluding hydrogens is 221 g/mol. The maximum absolute atomic E-state index is 12.7. The first-order valence-corrected chi connectivity index (χ1v) is 5.39. The standard InChI is InChI=1S/C12H14FN3O/c1-2-16-10(7-12(14)15-16)8-17-11-5-3-9(13)4-6-11/h3-7H,2,8H2,1H3,(H2,14,15). The summed E-state index contributed by atoms with van der Waals surface area (Å²) < 4.78 is 20.0. The SMILES string of the molecule is CCn1nc(N)cc1COc1ccc(F)cc1. The number of halogens is 1. The van der Waals surface area contributed by atoms with Gasteiger partial charge in [-0.3, -0.25) is 4.68 Å². The van der Waals surface area contributed by atoms with E-state index in [1.807, 2.05) is 6.92 Å². The van der Waals surface area contributed by atoms with Gasteiger partial charge in [0.2, 0.25) is 0 Å². The molecule has 0 radical (unpaired) electrons. The van der Waals surface area contributed by atoms with Crippen LogP contribution in [0.1, 0.15) is 12.6 Å². The minimum absolute atomic E-state index is 0.278. The molecule has 2 rings (SSSR count). The molecule has 2 N–H and O–H groups in total. The fourth-order valence-corrected chi connectivity index (χ4v) is 1.56. The zero-order valence-electron chi connectivity index (χ0n) is 9.56. The Bertz CT molecular complexity index is 493. The van der Waals surface area contributed by atoms with Crippen molar-refractivity contribution < 1.29 is 9.13 Å². The van der Waals surface area contributed by atoms with Crippen molar-refractivity contribution in [2.45, 2.75) is 20.1 Å². The van der Waals surface area contributed by atoms with Gasteiger partial charge in [0, 0.05) is 12.6 Å². The van der Waals surface area contributed by atoms with Gasteiger partial charge in [0.1, 0.15) is 24.0 Å². The van der Waals surface area contributed by atoms with Crippen LogP contribution in [-0.2, 0) is 13.2 Å². The van der Waals surface area contributed by atoms with E-state index in [0.29, 0.717) is 18.2 Å². The number of nitrogen functional groups attached to an aromatic ring is 1. The Balaban J connectivity index is 2.04. The molecule has 0 aliphatic rings. The van der Waals surface area contributed by atoms with Gasteiger partial charge < -0.3 is 10.5 Å². The fraction of sp³-hybridized carbons (Fsp3) is 0.250. The molecule has 90 valence electrons. The van der Waals surface area contributed by atoms with E-state index in [1.165, 1.54) is 12.1 Å². The summed E-state index contributed by atoms with van der Waals surface area (Å²) in [6, 6.07) is 7.67. The van der Waals surface area contributed by atoms with E-state index in [4.69, 9.17) is 10.5 Å². The lowest BCUT2D eigenvalue weighted by Crippen LogP contribution is -2.06. The summed E-state index contributed by atoms with van der Waals surface area (Å²) in [5.74, 6) is 0.818. The maximum Gasteiger partial charge on any atom is 0.145 e. The average molecular weight is 235 g/mol. The number of hydrogen-bond acceptors (Lipinski definition) is 3. The molecule has 0 amide bonds. The van der Waals surface area contributed by atoms with Crippen molar-refractivity contribution in [3.63, 3.8) is 0 Å². The molecule has 0 fully saturated rings.